The smallest absolute Gasteiger partial charge is 0.389 e. The van der Waals surface area contributed by atoms with Gasteiger partial charge >= 0.3 is 6.18 Å². The summed E-state index contributed by atoms with van der Waals surface area (Å²) in [4.78, 5) is 4.12. The monoisotopic (exact) mass is 243 g/mol. The molecule has 1 unspecified atom stereocenters. The first-order chi connectivity index (χ1) is 7.47. The lowest BCUT2D eigenvalue weighted by molar-refractivity contribution is -0.191. The largest absolute Gasteiger partial charge is 0.413 e. The Labute approximate surface area is 91.7 Å². The van der Waals surface area contributed by atoms with Crippen molar-refractivity contribution < 1.29 is 27.9 Å². The molecule has 1 fully saturated rings. The summed E-state index contributed by atoms with van der Waals surface area (Å²) in [5, 5.41) is 9.26. The zero-order valence-electron chi connectivity index (χ0n) is 8.79. The summed E-state index contributed by atoms with van der Waals surface area (Å²) in [6.45, 7) is -0.733. The van der Waals surface area contributed by atoms with E-state index in [2.05, 4.69) is 4.84 Å². The van der Waals surface area contributed by atoms with Gasteiger partial charge in [0, 0.05) is 13.2 Å². The number of hydrogen-bond acceptors (Lipinski definition) is 4. The number of aliphatic hydroxyl groups is 1. The van der Waals surface area contributed by atoms with E-state index in [1.165, 1.54) is 0 Å². The first kappa shape index (κ1) is 13.7. The van der Waals surface area contributed by atoms with Crippen molar-refractivity contribution in [2.75, 3.05) is 26.4 Å². The molecule has 2 N–H and O–H groups in total. The minimum atomic E-state index is -4.36. The van der Waals surface area contributed by atoms with Gasteiger partial charge in [-0.05, 0) is 18.8 Å². The lowest BCUT2D eigenvalue weighted by atomic mass is 10.4. The fourth-order valence-corrected chi connectivity index (χ4v) is 1.00. The Hall–Kier alpha value is -0.370. The van der Waals surface area contributed by atoms with Crippen molar-refractivity contribution in [1.82, 2.24) is 5.48 Å². The Balaban J connectivity index is 1.86. The maximum absolute atomic E-state index is 11.6. The summed E-state index contributed by atoms with van der Waals surface area (Å²) >= 11 is 0. The minimum absolute atomic E-state index is 0.0826. The highest BCUT2D eigenvalue weighted by molar-refractivity contribution is 4.72. The zero-order valence-corrected chi connectivity index (χ0v) is 8.79. The number of hydrogen-bond donors (Lipinski definition) is 2. The van der Waals surface area contributed by atoms with Crippen molar-refractivity contribution >= 4 is 0 Å². The van der Waals surface area contributed by atoms with E-state index in [4.69, 9.17) is 4.74 Å². The third kappa shape index (κ3) is 7.86. The highest BCUT2D eigenvalue weighted by Gasteiger charge is 2.27. The van der Waals surface area contributed by atoms with Crippen LogP contribution in [0.2, 0.25) is 0 Å². The van der Waals surface area contributed by atoms with Crippen molar-refractivity contribution in [2.45, 2.75) is 25.1 Å². The second-order valence-electron chi connectivity index (χ2n) is 3.89. The van der Waals surface area contributed by atoms with Crippen LogP contribution in [-0.4, -0.2) is 43.8 Å². The van der Waals surface area contributed by atoms with E-state index in [0.29, 0.717) is 12.5 Å². The molecule has 0 saturated heterocycles. The molecule has 0 radical (unpaired) electrons. The lowest BCUT2D eigenvalue weighted by Gasteiger charge is -2.13. The van der Waals surface area contributed by atoms with Crippen molar-refractivity contribution in [1.29, 1.82) is 0 Å². The van der Waals surface area contributed by atoms with Gasteiger partial charge in [-0.2, -0.15) is 18.7 Å². The van der Waals surface area contributed by atoms with Crippen molar-refractivity contribution in [3.8, 4) is 0 Å². The summed E-state index contributed by atoms with van der Waals surface area (Å²) < 4.78 is 40.0. The van der Waals surface area contributed by atoms with Crippen LogP contribution in [0.1, 0.15) is 12.8 Å². The lowest BCUT2D eigenvalue weighted by Crippen LogP contribution is -2.33. The second-order valence-corrected chi connectivity index (χ2v) is 3.89. The average Bonchev–Trinajstić information content (AvgIpc) is 2.95. The second kappa shape index (κ2) is 6.39. The summed E-state index contributed by atoms with van der Waals surface area (Å²) in [7, 11) is 0. The maximum atomic E-state index is 11.6. The predicted molar refractivity (Wildman–Crippen MR) is 49.6 cm³/mol. The van der Waals surface area contributed by atoms with Gasteiger partial charge in [0.05, 0.1) is 12.7 Å². The molecule has 0 heterocycles. The van der Waals surface area contributed by atoms with Crippen molar-refractivity contribution in [3.05, 3.63) is 0 Å². The van der Waals surface area contributed by atoms with Crippen LogP contribution in [0.15, 0.2) is 0 Å². The van der Waals surface area contributed by atoms with E-state index in [9.17, 15) is 18.3 Å². The van der Waals surface area contributed by atoms with E-state index in [0.717, 1.165) is 12.8 Å². The van der Waals surface area contributed by atoms with Gasteiger partial charge in [-0.3, -0.25) is 4.84 Å². The number of hydroxylamine groups is 1. The van der Waals surface area contributed by atoms with Crippen LogP contribution < -0.4 is 5.48 Å². The molecule has 0 aromatic carbocycles. The summed E-state index contributed by atoms with van der Waals surface area (Å²) in [5.41, 5.74) is 2.05. The molecule has 0 spiro atoms. The number of nitrogens with one attached hydrogen (secondary N) is 1. The molecule has 0 aromatic rings. The third-order valence-corrected chi connectivity index (χ3v) is 2.02. The van der Waals surface area contributed by atoms with Gasteiger partial charge in [0.1, 0.15) is 0 Å². The fourth-order valence-electron chi connectivity index (χ4n) is 1.00. The Morgan fingerprint density at radius 3 is 2.62 bits per heavy atom. The van der Waals surface area contributed by atoms with Gasteiger partial charge in [-0.25, -0.2) is 0 Å². The molecule has 0 bridgehead atoms. The molecule has 1 atom stereocenters. The predicted octanol–water partition coefficient (Wildman–Crippen LogP) is 0.857. The first-order valence-corrected chi connectivity index (χ1v) is 5.14. The van der Waals surface area contributed by atoms with E-state index >= 15 is 0 Å². The number of halogens is 3. The molecule has 96 valence electrons. The number of aliphatic hydroxyl groups excluding tert-OH is 1. The summed E-state index contributed by atoms with van der Waals surface area (Å²) in [5.74, 6) is 0.599. The molecule has 1 rings (SSSR count). The third-order valence-electron chi connectivity index (χ3n) is 2.02. The van der Waals surface area contributed by atoms with Crippen LogP contribution in [0, 0.1) is 5.92 Å². The van der Waals surface area contributed by atoms with E-state index < -0.39 is 18.9 Å². The first-order valence-electron chi connectivity index (χ1n) is 5.14. The molecule has 1 saturated carbocycles. The molecule has 1 aliphatic carbocycles. The van der Waals surface area contributed by atoms with Crippen LogP contribution in [-0.2, 0) is 9.57 Å². The standard InChI is InChI=1S/C9H16F3NO3/c10-9(11,12)6-16-13-3-8(14)5-15-4-7-1-2-7/h7-8,13-14H,1-6H2. The Morgan fingerprint density at radius 1 is 1.38 bits per heavy atom. The molecular weight excluding hydrogens is 227 g/mol. The molecule has 0 aliphatic heterocycles. The average molecular weight is 243 g/mol. The van der Waals surface area contributed by atoms with Crippen LogP contribution in [0.5, 0.6) is 0 Å². The van der Waals surface area contributed by atoms with Crippen molar-refractivity contribution in [2.24, 2.45) is 5.92 Å². The van der Waals surface area contributed by atoms with E-state index in [1.54, 1.807) is 0 Å². The molecule has 1 aliphatic rings. The van der Waals surface area contributed by atoms with E-state index in [-0.39, 0.29) is 13.2 Å². The van der Waals surface area contributed by atoms with Crippen LogP contribution in [0.25, 0.3) is 0 Å². The topological polar surface area (TPSA) is 50.7 Å². The van der Waals surface area contributed by atoms with Gasteiger partial charge in [-0.15, -0.1) is 0 Å². The maximum Gasteiger partial charge on any atom is 0.413 e. The summed E-state index contributed by atoms with van der Waals surface area (Å²) in [6, 6.07) is 0. The van der Waals surface area contributed by atoms with Gasteiger partial charge in [0.25, 0.3) is 0 Å². The highest BCUT2D eigenvalue weighted by Crippen LogP contribution is 2.28. The summed E-state index contributed by atoms with van der Waals surface area (Å²) in [6.07, 6.45) is -2.90. The number of alkyl halides is 3. The SMILES string of the molecule is OC(CNOCC(F)(F)F)COCC1CC1. The van der Waals surface area contributed by atoms with Gasteiger partial charge in [-0.1, -0.05) is 0 Å². The van der Waals surface area contributed by atoms with Gasteiger partial charge in [0.15, 0.2) is 6.61 Å². The quantitative estimate of drug-likeness (QED) is 0.490. The molecule has 4 nitrogen and oxygen atoms in total. The Morgan fingerprint density at radius 2 is 2.06 bits per heavy atom. The minimum Gasteiger partial charge on any atom is -0.389 e. The molecule has 7 heteroatoms. The molecule has 16 heavy (non-hydrogen) atoms. The van der Waals surface area contributed by atoms with Gasteiger partial charge < -0.3 is 9.84 Å². The Bertz CT molecular complexity index is 197. The fraction of sp³-hybridized carbons (Fsp3) is 1.00. The molecule has 0 aromatic heterocycles. The van der Waals surface area contributed by atoms with Gasteiger partial charge in [0.2, 0.25) is 0 Å². The van der Waals surface area contributed by atoms with Crippen LogP contribution in [0.4, 0.5) is 13.2 Å². The van der Waals surface area contributed by atoms with Crippen molar-refractivity contribution in [3.63, 3.8) is 0 Å². The Kier molecular flexibility index (Phi) is 5.47. The number of ether oxygens (including phenoxy) is 1. The molecular formula is C9H16F3NO3. The number of rotatable bonds is 8. The highest BCUT2D eigenvalue weighted by atomic mass is 19.4. The van der Waals surface area contributed by atoms with E-state index in [1.807, 2.05) is 5.48 Å². The molecule has 0 amide bonds. The van der Waals surface area contributed by atoms with Crippen LogP contribution >= 0.6 is 0 Å². The van der Waals surface area contributed by atoms with Crippen LogP contribution in [0.3, 0.4) is 0 Å². The zero-order chi connectivity index (χ0) is 12.0. The normalized spacial score (nSPS) is 18.8.